The Kier molecular flexibility index (Phi) is 4.26. The van der Waals surface area contributed by atoms with Crippen molar-refractivity contribution in [2.24, 2.45) is 0 Å². The lowest BCUT2D eigenvalue weighted by molar-refractivity contribution is 0.101. The highest BCUT2D eigenvalue weighted by Gasteiger charge is 2.15. The topological polar surface area (TPSA) is 94.2 Å². The van der Waals surface area contributed by atoms with Crippen molar-refractivity contribution in [2.75, 3.05) is 5.43 Å². The van der Waals surface area contributed by atoms with Crippen LogP contribution in [0.15, 0.2) is 77.9 Å². The van der Waals surface area contributed by atoms with Gasteiger partial charge < -0.3 is 0 Å². The van der Waals surface area contributed by atoms with Gasteiger partial charge in [0.15, 0.2) is 11.2 Å². The van der Waals surface area contributed by atoms with Crippen LogP contribution in [0.5, 0.6) is 0 Å². The van der Waals surface area contributed by atoms with Crippen molar-refractivity contribution >= 4 is 34.2 Å². The van der Waals surface area contributed by atoms with Crippen molar-refractivity contribution < 1.29 is 4.79 Å². The number of pyridine rings is 1. The summed E-state index contributed by atoms with van der Waals surface area (Å²) in [5.74, 6) is -0.451. The average Bonchev–Trinajstić information content (AvgIpc) is 3.21. The van der Waals surface area contributed by atoms with E-state index in [0.717, 1.165) is 15.8 Å². The van der Waals surface area contributed by atoms with E-state index >= 15 is 0 Å². The molecule has 0 saturated heterocycles. The molecule has 9 heteroatoms. The smallest absolute Gasteiger partial charge is 0.267 e. The van der Waals surface area contributed by atoms with Crippen LogP contribution in [0.3, 0.4) is 0 Å². The van der Waals surface area contributed by atoms with Gasteiger partial charge in [0.1, 0.15) is 5.52 Å². The van der Waals surface area contributed by atoms with Crippen LogP contribution in [0.1, 0.15) is 10.4 Å². The van der Waals surface area contributed by atoms with Crippen molar-refractivity contribution in [3.63, 3.8) is 0 Å². The van der Waals surface area contributed by atoms with Gasteiger partial charge >= 0.3 is 0 Å². The number of halogens is 1. The highest BCUT2D eigenvalue weighted by atomic mass is 35.5. The first kappa shape index (κ1) is 18.0. The number of fused-ring (bicyclic) bond motifs is 3. The molecule has 0 bridgehead atoms. The minimum Gasteiger partial charge on any atom is -0.267 e. The van der Waals surface area contributed by atoms with E-state index in [4.69, 9.17) is 11.6 Å². The van der Waals surface area contributed by atoms with Gasteiger partial charge in [-0.25, -0.2) is 9.19 Å². The fourth-order valence-electron chi connectivity index (χ4n) is 3.18. The Bertz CT molecular complexity index is 1460. The number of amides is 1. The Morgan fingerprint density at radius 3 is 2.50 bits per heavy atom. The van der Waals surface area contributed by atoms with Crippen molar-refractivity contribution in [1.29, 1.82) is 0 Å². The second-order valence-corrected chi connectivity index (χ2v) is 6.97. The number of carbonyl (C=O) groups excluding carboxylic acids is 1. The molecule has 0 unspecified atom stereocenters. The van der Waals surface area contributed by atoms with Gasteiger partial charge in [-0.1, -0.05) is 41.9 Å². The van der Waals surface area contributed by atoms with Crippen LogP contribution in [-0.2, 0) is 0 Å². The monoisotopic (exact) mass is 416 g/mol. The zero-order valence-corrected chi connectivity index (χ0v) is 16.1. The second-order valence-electron chi connectivity index (χ2n) is 6.53. The van der Waals surface area contributed by atoms with E-state index in [0.29, 0.717) is 21.7 Å². The van der Waals surface area contributed by atoms with Gasteiger partial charge in [0, 0.05) is 22.3 Å². The maximum Gasteiger partial charge on any atom is 0.299 e. The van der Waals surface area contributed by atoms with Gasteiger partial charge in [0.2, 0.25) is 0 Å². The molecule has 8 nitrogen and oxygen atoms in total. The molecule has 30 heavy (non-hydrogen) atoms. The summed E-state index contributed by atoms with van der Waals surface area (Å²) >= 11 is 5.85. The van der Waals surface area contributed by atoms with Crippen LogP contribution in [-0.4, -0.2) is 30.4 Å². The summed E-state index contributed by atoms with van der Waals surface area (Å²) in [4.78, 5) is 25.3. The summed E-state index contributed by atoms with van der Waals surface area (Å²) in [6.07, 6.45) is 3.15. The molecule has 2 aromatic carbocycles. The fraction of sp³-hybridized carbons (Fsp3) is 0. The molecule has 0 atom stereocenters. The highest BCUT2D eigenvalue weighted by Crippen LogP contribution is 2.23. The molecule has 0 fully saturated rings. The van der Waals surface area contributed by atoms with Crippen molar-refractivity contribution in [3.05, 3.63) is 94.0 Å². The van der Waals surface area contributed by atoms with E-state index in [1.54, 1.807) is 41.0 Å². The molecular weight excluding hydrogens is 404 g/mol. The predicted molar refractivity (Wildman–Crippen MR) is 113 cm³/mol. The zero-order chi connectivity index (χ0) is 20.7. The largest absolute Gasteiger partial charge is 0.299 e. The first-order valence-corrected chi connectivity index (χ1v) is 9.38. The van der Waals surface area contributed by atoms with Crippen LogP contribution in [0.4, 0.5) is 0 Å². The maximum atomic E-state index is 12.9. The number of hydrogen-bond donors (Lipinski definition) is 1. The summed E-state index contributed by atoms with van der Waals surface area (Å²) in [7, 11) is 0. The number of nitrogens with zero attached hydrogens (tertiary/aromatic N) is 5. The van der Waals surface area contributed by atoms with Gasteiger partial charge in [-0.3, -0.25) is 15.0 Å². The molecule has 0 saturated carbocycles. The molecule has 1 amide bonds. The van der Waals surface area contributed by atoms with Crippen LogP contribution < -0.4 is 11.0 Å². The Morgan fingerprint density at radius 2 is 1.73 bits per heavy atom. The molecule has 3 heterocycles. The van der Waals surface area contributed by atoms with Crippen molar-refractivity contribution in [2.45, 2.75) is 0 Å². The lowest BCUT2D eigenvalue weighted by Crippen LogP contribution is -2.33. The molecular formula is C21H13ClN6O2. The molecule has 5 aromatic rings. The van der Waals surface area contributed by atoms with Crippen LogP contribution in [0, 0.1) is 0 Å². The van der Waals surface area contributed by atoms with Gasteiger partial charge in [0.05, 0.1) is 6.20 Å². The molecule has 5 rings (SSSR count). The Morgan fingerprint density at radius 1 is 0.967 bits per heavy atom. The van der Waals surface area contributed by atoms with Gasteiger partial charge in [0.25, 0.3) is 11.5 Å². The molecule has 0 spiro atoms. The number of hydrogen-bond acceptors (Lipinski definition) is 5. The number of aromatic nitrogens is 5. The summed E-state index contributed by atoms with van der Waals surface area (Å²) in [5, 5.41) is 13.2. The third kappa shape index (κ3) is 2.99. The number of nitrogens with one attached hydrogen (secondary N) is 1. The van der Waals surface area contributed by atoms with Crippen molar-refractivity contribution in [3.8, 4) is 11.1 Å². The predicted octanol–water partition coefficient (Wildman–Crippen LogP) is 3.14. The summed E-state index contributed by atoms with van der Waals surface area (Å²) < 4.78 is 2.64. The van der Waals surface area contributed by atoms with Crippen LogP contribution >= 0.6 is 11.6 Å². The van der Waals surface area contributed by atoms with Crippen LogP contribution in [0.25, 0.3) is 27.8 Å². The molecule has 0 aliphatic rings. The molecule has 146 valence electrons. The summed E-state index contributed by atoms with van der Waals surface area (Å²) in [6.45, 7) is 0. The minimum absolute atomic E-state index is 0.0871. The molecule has 1 N–H and O–H groups in total. The zero-order valence-electron chi connectivity index (χ0n) is 15.4. The molecule has 3 aromatic heterocycles. The first-order chi connectivity index (χ1) is 14.6. The van der Waals surface area contributed by atoms with Gasteiger partial charge in [-0.2, -0.15) is 5.10 Å². The Balaban J connectivity index is 1.56. The van der Waals surface area contributed by atoms with E-state index in [1.807, 2.05) is 30.3 Å². The second kappa shape index (κ2) is 7.09. The Hall–Kier alpha value is -4.04. The first-order valence-electron chi connectivity index (χ1n) is 9.00. The maximum absolute atomic E-state index is 12.9. The summed E-state index contributed by atoms with van der Waals surface area (Å²) in [5.41, 5.74) is 5.27. The van der Waals surface area contributed by atoms with Crippen molar-refractivity contribution in [1.82, 2.24) is 24.5 Å². The van der Waals surface area contributed by atoms with Gasteiger partial charge in [-0.15, -0.1) is 10.2 Å². The Labute approximate surface area is 174 Å². The quantitative estimate of drug-likeness (QED) is 0.487. The molecule has 0 aliphatic heterocycles. The average molecular weight is 417 g/mol. The van der Waals surface area contributed by atoms with E-state index in [2.05, 4.69) is 20.7 Å². The van der Waals surface area contributed by atoms with Crippen LogP contribution in [0.2, 0.25) is 5.02 Å². The number of benzene rings is 2. The number of rotatable bonds is 3. The summed E-state index contributed by atoms with van der Waals surface area (Å²) in [6, 6.07) is 17.7. The molecule has 0 aliphatic carbocycles. The molecule has 0 radical (unpaired) electrons. The lowest BCUT2D eigenvalue weighted by Gasteiger charge is -2.09. The highest BCUT2D eigenvalue weighted by molar-refractivity contribution is 6.30. The normalized spacial score (nSPS) is 11.1. The van der Waals surface area contributed by atoms with E-state index in [1.165, 1.54) is 6.20 Å². The minimum atomic E-state index is -0.513. The third-order valence-corrected chi connectivity index (χ3v) is 4.93. The van der Waals surface area contributed by atoms with Gasteiger partial charge in [-0.05, 0) is 35.9 Å². The lowest BCUT2D eigenvalue weighted by atomic mass is 10.1. The number of carbonyl (C=O) groups is 1. The van der Waals surface area contributed by atoms with E-state index in [9.17, 15) is 9.59 Å². The standard InChI is InChI=1S/C21H13ClN6O2/c22-15-8-6-14(7-9-15)20(29)26-27-11-10-17-18(21(27)30)24-25-19-16(12-23-28(17)19)13-4-2-1-3-5-13/h1-12H,(H,26,29). The van der Waals surface area contributed by atoms with E-state index < -0.39 is 11.5 Å². The third-order valence-electron chi connectivity index (χ3n) is 4.68. The van der Waals surface area contributed by atoms with E-state index in [-0.39, 0.29) is 5.52 Å². The fourth-order valence-corrected chi connectivity index (χ4v) is 3.30. The SMILES string of the molecule is O=C(Nn1ccc2c(nnc3c(-c4ccccc4)cnn32)c1=O)c1ccc(Cl)cc1.